The first-order chi connectivity index (χ1) is 10.3. The lowest BCUT2D eigenvalue weighted by Gasteiger charge is -2.19. The Labute approximate surface area is 124 Å². The van der Waals surface area contributed by atoms with Crippen molar-refractivity contribution in [3.05, 3.63) is 66.0 Å². The van der Waals surface area contributed by atoms with Gasteiger partial charge in [0.25, 0.3) is 0 Å². The minimum Gasteiger partial charge on any atom is -0.305 e. The molecule has 2 aromatic heterocycles. The van der Waals surface area contributed by atoms with E-state index < -0.39 is 0 Å². The van der Waals surface area contributed by atoms with E-state index in [9.17, 15) is 0 Å². The van der Waals surface area contributed by atoms with Crippen LogP contribution in [0, 0.1) is 6.92 Å². The van der Waals surface area contributed by atoms with Crippen molar-refractivity contribution in [2.24, 2.45) is 0 Å². The minimum atomic E-state index is 0.0241. The Balaban J connectivity index is 2.13. The number of hydrogen-bond donors (Lipinski definition) is 1. The Morgan fingerprint density at radius 3 is 2.76 bits per heavy atom. The highest BCUT2D eigenvalue weighted by Gasteiger charge is 2.17. The molecule has 106 valence electrons. The van der Waals surface area contributed by atoms with Crippen LogP contribution in [-0.4, -0.2) is 21.5 Å². The fourth-order valence-electron chi connectivity index (χ4n) is 2.52. The fraction of sp³-hybridized carbons (Fsp3) is 0.235. The van der Waals surface area contributed by atoms with Gasteiger partial charge < -0.3 is 5.32 Å². The Kier molecular flexibility index (Phi) is 3.88. The van der Waals surface area contributed by atoms with Crippen molar-refractivity contribution >= 4 is 10.8 Å². The first-order valence-corrected chi connectivity index (χ1v) is 7.14. The summed E-state index contributed by atoms with van der Waals surface area (Å²) in [5, 5.41) is 5.83. The lowest BCUT2D eigenvalue weighted by molar-refractivity contribution is 0.615. The maximum absolute atomic E-state index is 4.54. The summed E-state index contributed by atoms with van der Waals surface area (Å²) in [6.45, 7) is 4.90. The van der Waals surface area contributed by atoms with E-state index in [2.05, 4.69) is 45.4 Å². The van der Waals surface area contributed by atoms with Crippen LogP contribution >= 0.6 is 0 Å². The largest absolute Gasteiger partial charge is 0.305 e. The van der Waals surface area contributed by atoms with E-state index in [1.54, 1.807) is 0 Å². The minimum absolute atomic E-state index is 0.0241. The maximum atomic E-state index is 4.54. The van der Waals surface area contributed by atoms with Gasteiger partial charge in [-0.05, 0) is 30.5 Å². The molecule has 1 aromatic carbocycles. The maximum Gasteiger partial charge on any atom is 0.0801 e. The van der Waals surface area contributed by atoms with E-state index in [1.807, 2.05) is 37.8 Å². The van der Waals surface area contributed by atoms with Gasteiger partial charge in [-0.1, -0.05) is 25.1 Å². The molecule has 1 unspecified atom stereocenters. The Hall–Kier alpha value is -2.33. The molecule has 0 aliphatic carbocycles. The molecule has 1 atom stereocenters. The molecule has 0 aliphatic heterocycles. The van der Waals surface area contributed by atoms with Gasteiger partial charge in [0, 0.05) is 24.0 Å². The van der Waals surface area contributed by atoms with Crippen LogP contribution in [0.4, 0.5) is 0 Å². The van der Waals surface area contributed by atoms with Crippen molar-refractivity contribution in [2.75, 3.05) is 6.54 Å². The third-order valence-corrected chi connectivity index (χ3v) is 3.53. The number of benzene rings is 1. The van der Waals surface area contributed by atoms with Gasteiger partial charge in [0.1, 0.15) is 0 Å². The van der Waals surface area contributed by atoms with Crippen LogP contribution in [0.5, 0.6) is 0 Å². The van der Waals surface area contributed by atoms with Gasteiger partial charge in [-0.3, -0.25) is 15.0 Å². The monoisotopic (exact) mass is 278 g/mol. The second kappa shape index (κ2) is 5.97. The highest BCUT2D eigenvalue weighted by molar-refractivity contribution is 5.85. The van der Waals surface area contributed by atoms with Crippen LogP contribution in [0.15, 0.2) is 49.1 Å². The van der Waals surface area contributed by atoms with Gasteiger partial charge >= 0.3 is 0 Å². The molecule has 4 nitrogen and oxygen atoms in total. The number of hydrogen-bond acceptors (Lipinski definition) is 4. The van der Waals surface area contributed by atoms with Gasteiger partial charge in [0.15, 0.2) is 0 Å². The molecule has 0 aliphatic rings. The van der Waals surface area contributed by atoms with Crippen molar-refractivity contribution in [2.45, 2.75) is 19.9 Å². The third kappa shape index (κ3) is 2.76. The molecule has 0 amide bonds. The summed E-state index contributed by atoms with van der Waals surface area (Å²) < 4.78 is 0. The highest BCUT2D eigenvalue weighted by Crippen LogP contribution is 2.27. The number of rotatable bonds is 4. The molecule has 2 heterocycles. The average molecular weight is 278 g/mol. The molecule has 21 heavy (non-hydrogen) atoms. The predicted molar refractivity (Wildman–Crippen MR) is 84.0 cm³/mol. The number of nitrogens with zero attached hydrogens (tertiary/aromatic N) is 3. The quantitative estimate of drug-likeness (QED) is 0.797. The lowest BCUT2D eigenvalue weighted by Crippen LogP contribution is -2.23. The van der Waals surface area contributed by atoms with E-state index >= 15 is 0 Å². The molecule has 0 fully saturated rings. The van der Waals surface area contributed by atoms with Crippen LogP contribution in [-0.2, 0) is 0 Å². The van der Waals surface area contributed by atoms with Crippen LogP contribution in [0.1, 0.15) is 29.9 Å². The average Bonchev–Trinajstić information content (AvgIpc) is 2.53. The van der Waals surface area contributed by atoms with E-state index in [0.717, 1.165) is 23.3 Å². The summed E-state index contributed by atoms with van der Waals surface area (Å²) in [7, 11) is 0. The standard InChI is InChI=1S/C17H18N4/c1-3-19-17(16-11-20-12(2)9-21-16)14-6-4-5-13-7-8-18-10-15(13)14/h4-11,17,19H,3H2,1-2H3. The molecule has 3 rings (SSSR count). The molecule has 0 saturated carbocycles. The lowest BCUT2D eigenvalue weighted by atomic mass is 9.98. The van der Waals surface area contributed by atoms with Gasteiger partial charge in [-0.2, -0.15) is 0 Å². The zero-order valence-electron chi connectivity index (χ0n) is 12.2. The van der Waals surface area contributed by atoms with Gasteiger partial charge in [-0.15, -0.1) is 0 Å². The first kappa shape index (κ1) is 13.6. The van der Waals surface area contributed by atoms with Crippen molar-refractivity contribution in [3.63, 3.8) is 0 Å². The second-order valence-corrected chi connectivity index (χ2v) is 5.02. The van der Waals surface area contributed by atoms with E-state index in [1.165, 1.54) is 10.9 Å². The Bertz CT molecular complexity index is 732. The molecular formula is C17H18N4. The zero-order valence-corrected chi connectivity index (χ0v) is 12.2. The topological polar surface area (TPSA) is 50.7 Å². The summed E-state index contributed by atoms with van der Waals surface area (Å²) in [5.41, 5.74) is 3.04. The fourth-order valence-corrected chi connectivity index (χ4v) is 2.52. The zero-order chi connectivity index (χ0) is 14.7. The van der Waals surface area contributed by atoms with Crippen LogP contribution in [0.3, 0.4) is 0 Å². The molecule has 4 heteroatoms. The van der Waals surface area contributed by atoms with Gasteiger partial charge in [-0.25, -0.2) is 0 Å². The van der Waals surface area contributed by atoms with E-state index in [0.29, 0.717) is 0 Å². The van der Waals surface area contributed by atoms with E-state index in [-0.39, 0.29) is 6.04 Å². The number of nitrogens with one attached hydrogen (secondary N) is 1. The number of aromatic nitrogens is 3. The van der Waals surface area contributed by atoms with Crippen LogP contribution in [0.25, 0.3) is 10.8 Å². The normalized spacial score (nSPS) is 12.5. The predicted octanol–water partition coefficient (Wildman–Crippen LogP) is 3.03. The van der Waals surface area contributed by atoms with Crippen molar-refractivity contribution in [3.8, 4) is 0 Å². The van der Waals surface area contributed by atoms with E-state index in [4.69, 9.17) is 0 Å². The molecule has 0 bridgehead atoms. The van der Waals surface area contributed by atoms with Crippen LogP contribution < -0.4 is 5.32 Å². The van der Waals surface area contributed by atoms with Crippen molar-refractivity contribution in [1.29, 1.82) is 0 Å². The Morgan fingerprint density at radius 2 is 2.00 bits per heavy atom. The summed E-state index contributed by atoms with van der Waals surface area (Å²) in [6.07, 6.45) is 7.39. The number of pyridine rings is 1. The molecular weight excluding hydrogens is 260 g/mol. The molecule has 1 N–H and O–H groups in total. The molecule has 3 aromatic rings. The molecule has 0 spiro atoms. The number of aryl methyl sites for hydroxylation is 1. The SMILES string of the molecule is CCNC(c1cnc(C)cn1)c1cccc2ccncc12. The summed E-state index contributed by atoms with van der Waals surface area (Å²) in [5.74, 6) is 0. The third-order valence-electron chi connectivity index (χ3n) is 3.53. The molecule has 0 radical (unpaired) electrons. The van der Waals surface area contributed by atoms with Gasteiger partial charge in [0.05, 0.1) is 23.6 Å². The molecule has 0 saturated heterocycles. The summed E-state index contributed by atoms with van der Waals surface area (Å²) in [6, 6.07) is 8.35. The van der Waals surface area contributed by atoms with Crippen LogP contribution in [0.2, 0.25) is 0 Å². The second-order valence-electron chi connectivity index (χ2n) is 5.02. The first-order valence-electron chi connectivity index (χ1n) is 7.14. The summed E-state index contributed by atoms with van der Waals surface area (Å²) in [4.78, 5) is 13.2. The number of fused-ring (bicyclic) bond motifs is 1. The highest BCUT2D eigenvalue weighted by atomic mass is 14.9. The van der Waals surface area contributed by atoms with Crippen molar-refractivity contribution < 1.29 is 0 Å². The summed E-state index contributed by atoms with van der Waals surface area (Å²) >= 11 is 0. The van der Waals surface area contributed by atoms with Gasteiger partial charge in [0.2, 0.25) is 0 Å². The van der Waals surface area contributed by atoms with Crippen molar-refractivity contribution in [1.82, 2.24) is 20.3 Å². The Morgan fingerprint density at radius 1 is 1.10 bits per heavy atom. The smallest absolute Gasteiger partial charge is 0.0801 e.